The molecule has 1 aromatic carbocycles. The fourth-order valence-corrected chi connectivity index (χ4v) is 2.23. The van der Waals surface area contributed by atoms with Crippen molar-refractivity contribution >= 4 is 29.7 Å². The van der Waals surface area contributed by atoms with Gasteiger partial charge in [-0.1, -0.05) is 43.6 Å². The Morgan fingerprint density at radius 2 is 2.15 bits per heavy atom. The van der Waals surface area contributed by atoms with Crippen molar-refractivity contribution in [2.24, 2.45) is 5.92 Å². The summed E-state index contributed by atoms with van der Waals surface area (Å²) >= 11 is 6.01. The van der Waals surface area contributed by atoms with Crippen LogP contribution in [-0.2, 0) is 9.53 Å². The number of benzene rings is 1. The molecule has 0 spiro atoms. The molecule has 1 aliphatic rings. The van der Waals surface area contributed by atoms with Crippen LogP contribution in [0.2, 0.25) is 5.02 Å². The molecule has 0 aliphatic carbocycles. The lowest BCUT2D eigenvalue weighted by Crippen LogP contribution is -2.40. The van der Waals surface area contributed by atoms with Crippen molar-refractivity contribution in [2.75, 3.05) is 6.61 Å². The highest BCUT2D eigenvalue weighted by Crippen LogP contribution is 2.21. The minimum atomic E-state index is -0.586. The van der Waals surface area contributed by atoms with Gasteiger partial charge in [-0.05, 0) is 23.6 Å². The predicted molar refractivity (Wildman–Crippen MR) is 77.3 cm³/mol. The number of cyclic esters (lactones) is 1. The Bertz CT molecular complexity index is 554. The van der Waals surface area contributed by atoms with Crippen LogP contribution in [0.5, 0.6) is 0 Å². The zero-order valence-electron chi connectivity index (χ0n) is 11.4. The van der Waals surface area contributed by atoms with Crippen molar-refractivity contribution in [2.45, 2.75) is 19.9 Å². The van der Waals surface area contributed by atoms with Crippen LogP contribution in [0, 0.1) is 5.92 Å². The van der Waals surface area contributed by atoms with Gasteiger partial charge in [-0.2, -0.15) is 0 Å². The first-order valence-electron chi connectivity index (χ1n) is 6.43. The van der Waals surface area contributed by atoms with Crippen molar-refractivity contribution in [1.29, 1.82) is 0 Å². The summed E-state index contributed by atoms with van der Waals surface area (Å²) in [6.07, 6.45) is 2.37. The SMILES string of the molecule is CC(C)[C@H]1COC(=O)N1C(=O)/C=C/c1ccccc1Cl. The second-order valence-corrected chi connectivity index (χ2v) is 5.36. The van der Waals surface area contributed by atoms with Crippen molar-refractivity contribution in [1.82, 2.24) is 4.90 Å². The summed E-state index contributed by atoms with van der Waals surface area (Å²) in [5.74, 6) is -0.231. The Balaban J connectivity index is 2.15. The van der Waals surface area contributed by atoms with Gasteiger partial charge in [0.05, 0.1) is 6.04 Å². The fraction of sp³-hybridized carbons (Fsp3) is 0.333. The van der Waals surface area contributed by atoms with Gasteiger partial charge in [0, 0.05) is 11.1 Å². The van der Waals surface area contributed by atoms with Crippen LogP contribution < -0.4 is 0 Å². The van der Waals surface area contributed by atoms with E-state index >= 15 is 0 Å². The molecule has 1 atom stereocenters. The molecule has 0 aromatic heterocycles. The molecule has 1 aromatic rings. The van der Waals surface area contributed by atoms with E-state index in [1.165, 1.54) is 6.08 Å². The van der Waals surface area contributed by atoms with Gasteiger partial charge < -0.3 is 4.74 Å². The maximum atomic E-state index is 12.2. The molecule has 1 saturated heterocycles. The highest BCUT2D eigenvalue weighted by Gasteiger charge is 2.38. The summed E-state index contributed by atoms with van der Waals surface area (Å²) in [6, 6.07) is 6.97. The molecular weight excluding hydrogens is 278 g/mol. The van der Waals surface area contributed by atoms with Gasteiger partial charge in [0.2, 0.25) is 0 Å². The molecule has 0 radical (unpaired) electrons. The minimum Gasteiger partial charge on any atom is -0.447 e. The van der Waals surface area contributed by atoms with E-state index in [0.717, 1.165) is 10.5 Å². The lowest BCUT2D eigenvalue weighted by atomic mass is 10.0. The van der Waals surface area contributed by atoms with Crippen LogP contribution >= 0.6 is 11.6 Å². The lowest BCUT2D eigenvalue weighted by Gasteiger charge is -2.21. The Kier molecular flexibility index (Phi) is 4.45. The molecule has 1 fully saturated rings. The number of ether oxygens (including phenoxy) is 1. The highest BCUT2D eigenvalue weighted by molar-refractivity contribution is 6.32. The monoisotopic (exact) mass is 293 g/mol. The Morgan fingerprint density at radius 3 is 2.80 bits per heavy atom. The summed E-state index contributed by atoms with van der Waals surface area (Å²) in [6.45, 7) is 4.15. The van der Waals surface area contributed by atoms with Gasteiger partial charge in [-0.3, -0.25) is 4.79 Å². The van der Waals surface area contributed by atoms with E-state index < -0.39 is 6.09 Å². The van der Waals surface area contributed by atoms with Crippen LogP contribution in [0.15, 0.2) is 30.3 Å². The zero-order chi connectivity index (χ0) is 14.7. The van der Waals surface area contributed by atoms with Crippen LogP contribution in [-0.4, -0.2) is 29.5 Å². The number of hydrogen-bond donors (Lipinski definition) is 0. The van der Waals surface area contributed by atoms with E-state index in [1.54, 1.807) is 18.2 Å². The molecule has 0 N–H and O–H groups in total. The number of carbonyl (C=O) groups excluding carboxylic acids is 2. The van der Waals surface area contributed by atoms with Gasteiger partial charge in [0.1, 0.15) is 6.61 Å². The minimum absolute atomic E-state index is 0.152. The third-order valence-corrected chi connectivity index (χ3v) is 3.57. The molecule has 0 unspecified atom stereocenters. The van der Waals surface area contributed by atoms with Gasteiger partial charge in [0.15, 0.2) is 0 Å². The highest BCUT2D eigenvalue weighted by atomic mass is 35.5. The summed E-state index contributed by atoms with van der Waals surface area (Å²) in [5.41, 5.74) is 0.733. The number of hydrogen-bond acceptors (Lipinski definition) is 3. The molecule has 20 heavy (non-hydrogen) atoms. The van der Waals surface area contributed by atoms with Gasteiger partial charge >= 0.3 is 6.09 Å². The zero-order valence-corrected chi connectivity index (χ0v) is 12.1. The maximum Gasteiger partial charge on any atom is 0.417 e. The second-order valence-electron chi connectivity index (χ2n) is 4.95. The third kappa shape index (κ3) is 3.02. The summed E-state index contributed by atoms with van der Waals surface area (Å²) in [4.78, 5) is 24.9. The number of rotatable bonds is 3. The van der Waals surface area contributed by atoms with Crippen molar-refractivity contribution in [3.8, 4) is 0 Å². The van der Waals surface area contributed by atoms with E-state index in [9.17, 15) is 9.59 Å². The standard InChI is InChI=1S/C15H16ClNO3/c1-10(2)13-9-20-15(19)17(13)14(18)8-7-11-5-3-4-6-12(11)16/h3-8,10,13H,9H2,1-2H3/b8-7+/t13-/m1/s1. The Labute approximate surface area is 123 Å². The normalized spacial score (nSPS) is 18.9. The molecule has 2 rings (SSSR count). The Morgan fingerprint density at radius 1 is 1.45 bits per heavy atom. The third-order valence-electron chi connectivity index (χ3n) is 3.22. The van der Waals surface area contributed by atoms with E-state index in [0.29, 0.717) is 5.02 Å². The first-order valence-corrected chi connectivity index (χ1v) is 6.81. The quantitative estimate of drug-likeness (QED) is 0.803. The topological polar surface area (TPSA) is 46.6 Å². The molecule has 1 aliphatic heterocycles. The molecule has 1 heterocycles. The molecular formula is C15H16ClNO3. The smallest absolute Gasteiger partial charge is 0.417 e. The number of carbonyl (C=O) groups is 2. The van der Waals surface area contributed by atoms with E-state index in [-0.39, 0.29) is 24.5 Å². The summed E-state index contributed by atoms with van der Waals surface area (Å²) < 4.78 is 4.94. The number of imide groups is 1. The number of nitrogens with zero attached hydrogens (tertiary/aromatic N) is 1. The van der Waals surface area contributed by atoms with Crippen LogP contribution in [0.3, 0.4) is 0 Å². The second kappa shape index (κ2) is 6.09. The molecule has 2 amide bonds. The van der Waals surface area contributed by atoms with Crippen molar-refractivity contribution < 1.29 is 14.3 Å². The first kappa shape index (κ1) is 14.6. The largest absolute Gasteiger partial charge is 0.447 e. The van der Waals surface area contributed by atoms with Gasteiger partial charge in [0.25, 0.3) is 5.91 Å². The number of amides is 2. The summed E-state index contributed by atoms with van der Waals surface area (Å²) in [5, 5.41) is 0.556. The van der Waals surface area contributed by atoms with Crippen molar-refractivity contribution in [3.63, 3.8) is 0 Å². The average molecular weight is 294 g/mol. The fourth-order valence-electron chi connectivity index (χ4n) is 2.03. The molecule has 0 saturated carbocycles. The van der Waals surface area contributed by atoms with Crippen LogP contribution in [0.25, 0.3) is 6.08 Å². The Hall–Kier alpha value is -1.81. The van der Waals surface area contributed by atoms with E-state index in [1.807, 2.05) is 26.0 Å². The van der Waals surface area contributed by atoms with Gasteiger partial charge in [-0.25, -0.2) is 9.69 Å². The van der Waals surface area contributed by atoms with Crippen LogP contribution in [0.1, 0.15) is 19.4 Å². The molecule has 5 heteroatoms. The van der Waals surface area contributed by atoms with Crippen molar-refractivity contribution in [3.05, 3.63) is 40.9 Å². The average Bonchev–Trinajstić information content (AvgIpc) is 2.79. The predicted octanol–water partition coefficient (Wildman–Crippen LogP) is 3.36. The molecule has 0 bridgehead atoms. The van der Waals surface area contributed by atoms with Gasteiger partial charge in [-0.15, -0.1) is 0 Å². The maximum absolute atomic E-state index is 12.2. The summed E-state index contributed by atoms with van der Waals surface area (Å²) in [7, 11) is 0. The first-order chi connectivity index (χ1) is 9.50. The van der Waals surface area contributed by atoms with E-state index in [4.69, 9.17) is 16.3 Å². The van der Waals surface area contributed by atoms with E-state index in [2.05, 4.69) is 0 Å². The lowest BCUT2D eigenvalue weighted by molar-refractivity contribution is -0.124. The molecule has 4 nitrogen and oxygen atoms in total. The number of halogens is 1. The van der Waals surface area contributed by atoms with Crippen LogP contribution in [0.4, 0.5) is 4.79 Å². The molecule has 106 valence electrons.